The van der Waals surface area contributed by atoms with Crippen LogP contribution in [0.5, 0.6) is 0 Å². The van der Waals surface area contributed by atoms with Gasteiger partial charge in [0.05, 0.1) is 0 Å². The molecule has 1 heteroatoms. The van der Waals surface area contributed by atoms with Crippen molar-refractivity contribution >= 4 is 0 Å². The molecule has 0 saturated carbocycles. The molecule has 0 saturated heterocycles. The summed E-state index contributed by atoms with van der Waals surface area (Å²) in [4.78, 5) is 0. The Kier molecular flexibility index (Phi) is 8.58. The molecule has 0 aliphatic rings. The van der Waals surface area contributed by atoms with E-state index in [2.05, 4.69) is 37.3 Å². The highest BCUT2D eigenvalue weighted by Gasteiger charge is 2.09. The zero-order valence-electron chi connectivity index (χ0n) is 11.9. The van der Waals surface area contributed by atoms with Crippen LogP contribution in [0, 0.1) is 5.92 Å². The lowest BCUT2D eigenvalue weighted by molar-refractivity contribution is 0.414. The third-order valence-corrected chi connectivity index (χ3v) is 3.65. The molecule has 0 amide bonds. The molecule has 1 aromatic carbocycles. The zero-order chi connectivity index (χ0) is 13.1. The van der Waals surface area contributed by atoms with Gasteiger partial charge in [-0.05, 0) is 37.3 Å². The molecule has 0 aliphatic heterocycles. The Labute approximate surface area is 113 Å². The molecule has 1 nitrogen and oxygen atoms in total. The lowest BCUT2D eigenvalue weighted by atomic mass is 9.90. The van der Waals surface area contributed by atoms with Gasteiger partial charge in [-0.15, -0.1) is 0 Å². The number of benzene rings is 1. The van der Waals surface area contributed by atoms with E-state index in [0.29, 0.717) is 0 Å². The molecule has 2 N–H and O–H groups in total. The SMILES string of the molecule is CCCCCCC(CCCN)Cc1ccccc1. The molecule has 0 bridgehead atoms. The van der Waals surface area contributed by atoms with Gasteiger partial charge in [0.2, 0.25) is 0 Å². The van der Waals surface area contributed by atoms with Gasteiger partial charge in [-0.1, -0.05) is 69.4 Å². The summed E-state index contributed by atoms with van der Waals surface area (Å²) in [6, 6.07) is 10.9. The fourth-order valence-electron chi connectivity index (χ4n) is 2.56. The lowest BCUT2D eigenvalue weighted by Gasteiger charge is -2.16. The van der Waals surface area contributed by atoms with Crippen molar-refractivity contribution in [3.63, 3.8) is 0 Å². The average molecular weight is 247 g/mol. The lowest BCUT2D eigenvalue weighted by Crippen LogP contribution is -2.08. The van der Waals surface area contributed by atoms with E-state index in [9.17, 15) is 0 Å². The van der Waals surface area contributed by atoms with E-state index in [0.717, 1.165) is 12.5 Å². The monoisotopic (exact) mass is 247 g/mol. The summed E-state index contributed by atoms with van der Waals surface area (Å²) in [6.45, 7) is 3.11. The molecule has 0 heterocycles. The molecule has 0 fully saturated rings. The van der Waals surface area contributed by atoms with Crippen molar-refractivity contribution in [3.05, 3.63) is 35.9 Å². The van der Waals surface area contributed by atoms with Gasteiger partial charge in [0.15, 0.2) is 0 Å². The molecule has 0 aromatic heterocycles. The van der Waals surface area contributed by atoms with Crippen molar-refractivity contribution in [3.8, 4) is 0 Å². The van der Waals surface area contributed by atoms with Crippen LogP contribution >= 0.6 is 0 Å². The van der Waals surface area contributed by atoms with Crippen molar-refractivity contribution in [2.45, 2.75) is 58.3 Å². The summed E-state index contributed by atoms with van der Waals surface area (Å²) in [5, 5.41) is 0. The molecular formula is C17H29N. The maximum absolute atomic E-state index is 5.65. The minimum Gasteiger partial charge on any atom is -0.330 e. The van der Waals surface area contributed by atoms with E-state index >= 15 is 0 Å². The van der Waals surface area contributed by atoms with E-state index in [1.54, 1.807) is 0 Å². The second-order valence-electron chi connectivity index (χ2n) is 5.34. The van der Waals surface area contributed by atoms with Gasteiger partial charge >= 0.3 is 0 Å². The molecule has 18 heavy (non-hydrogen) atoms. The first kappa shape index (κ1) is 15.2. The van der Waals surface area contributed by atoms with Crippen molar-refractivity contribution < 1.29 is 0 Å². The van der Waals surface area contributed by atoms with E-state index in [4.69, 9.17) is 5.73 Å². The third kappa shape index (κ3) is 6.80. The molecule has 102 valence electrons. The Balaban J connectivity index is 2.35. The van der Waals surface area contributed by atoms with Crippen molar-refractivity contribution in [2.75, 3.05) is 6.54 Å². The van der Waals surface area contributed by atoms with Gasteiger partial charge in [0.1, 0.15) is 0 Å². The first-order valence-electron chi connectivity index (χ1n) is 7.60. The standard InChI is InChI=1S/C17H29N/c1-2-3-4-6-10-17(13-9-14-18)15-16-11-7-5-8-12-16/h5,7-8,11-12,17H,2-4,6,9-10,13-15,18H2,1H3. The zero-order valence-corrected chi connectivity index (χ0v) is 11.9. The summed E-state index contributed by atoms with van der Waals surface area (Å²) in [5.41, 5.74) is 7.13. The van der Waals surface area contributed by atoms with Crippen LogP contribution in [0.25, 0.3) is 0 Å². The fourth-order valence-corrected chi connectivity index (χ4v) is 2.56. The number of hydrogen-bond acceptors (Lipinski definition) is 1. The Hall–Kier alpha value is -0.820. The number of unbranched alkanes of at least 4 members (excludes halogenated alkanes) is 3. The number of hydrogen-bond donors (Lipinski definition) is 1. The minimum atomic E-state index is 0.827. The summed E-state index contributed by atoms with van der Waals surface area (Å²) in [5.74, 6) is 0.827. The number of nitrogens with two attached hydrogens (primary N) is 1. The van der Waals surface area contributed by atoms with Crippen LogP contribution in [0.1, 0.15) is 57.4 Å². The Bertz CT molecular complexity index is 281. The van der Waals surface area contributed by atoms with Crippen LogP contribution in [-0.4, -0.2) is 6.54 Å². The summed E-state index contributed by atoms with van der Waals surface area (Å²) >= 11 is 0. The summed E-state index contributed by atoms with van der Waals surface area (Å²) in [6.07, 6.45) is 10.5. The van der Waals surface area contributed by atoms with E-state index in [-0.39, 0.29) is 0 Å². The second-order valence-corrected chi connectivity index (χ2v) is 5.34. The molecule has 1 rings (SSSR count). The van der Waals surface area contributed by atoms with Gasteiger partial charge in [-0.25, -0.2) is 0 Å². The summed E-state index contributed by atoms with van der Waals surface area (Å²) < 4.78 is 0. The largest absolute Gasteiger partial charge is 0.330 e. The van der Waals surface area contributed by atoms with Crippen LogP contribution in [0.2, 0.25) is 0 Å². The average Bonchev–Trinajstić information content (AvgIpc) is 2.41. The van der Waals surface area contributed by atoms with Crippen LogP contribution in [0.15, 0.2) is 30.3 Å². The van der Waals surface area contributed by atoms with Gasteiger partial charge in [0.25, 0.3) is 0 Å². The molecular weight excluding hydrogens is 218 g/mol. The number of rotatable bonds is 10. The van der Waals surface area contributed by atoms with Gasteiger partial charge in [-0.2, -0.15) is 0 Å². The van der Waals surface area contributed by atoms with Crippen molar-refractivity contribution in [1.29, 1.82) is 0 Å². The van der Waals surface area contributed by atoms with E-state index < -0.39 is 0 Å². The van der Waals surface area contributed by atoms with Crippen molar-refractivity contribution in [2.24, 2.45) is 11.7 Å². The van der Waals surface area contributed by atoms with Crippen LogP contribution in [0.3, 0.4) is 0 Å². The minimum absolute atomic E-state index is 0.827. The first-order valence-corrected chi connectivity index (χ1v) is 7.60. The molecule has 0 aliphatic carbocycles. The third-order valence-electron chi connectivity index (χ3n) is 3.65. The molecule has 0 radical (unpaired) electrons. The first-order chi connectivity index (χ1) is 8.86. The van der Waals surface area contributed by atoms with Gasteiger partial charge in [-0.3, -0.25) is 0 Å². The topological polar surface area (TPSA) is 26.0 Å². The van der Waals surface area contributed by atoms with E-state index in [1.165, 1.54) is 56.9 Å². The van der Waals surface area contributed by atoms with Crippen LogP contribution in [0.4, 0.5) is 0 Å². The van der Waals surface area contributed by atoms with E-state index in [1.807, 2.05) is 0 Å². The highest BCUT2D eigenvalue weighted by molar-refractivity contribution is 5.15. The highest BCUT2D eigenvalue weighted by Crippen LogP contribution is 2.20. The summed E-state index contributed by atoms with van der Waals surface area (Å²) in [7, 11) is 0. The van der Waals surface area contributed by atoms with Gasteiger partial charge < -0.3 is 5.73 Å². The Morgan fingerprint density at radius 3 is 2.33 bits per heavy atom. The molecule has 1 aromatic rings. The van der Waals surface area contributed by atoms with Gasteiger partial charge in [0, 0.05) is 0 Å². The quantitative estimate of drug-likeness (QED) is 0.603. The van der Waals surface area contributed by atoms with Crippen molar-refractivity contribution in [1.82, 2.24) is 0 Å². The van der Waals surface area contributed by atoms with Crippen LogP contribution in [-0.2, 0) is 6.42 Å². The molecule has 1 atom stereocenters. The molecule has 0 spiro atoms. The Morgan fingerprint density at radius 1 is 0.944 bits per heavy atom. The predicted molar refractivity (Wildman–Crippen MR) is 80.7 cm³/mol. The Morgan fingerprint density at radius 2 is 1.67 bits per heavy atom. The molecule has 1 unspecified atom stereocenters. The fraction of sp³-hybridized carbons (Fsp3) is 0.647. The maximum atomic E-state index is 5.65. The smallest absolute Gasteiger partial charge is 0.00772 e. The highest BCUT2D eigenvalue weighted by atomic mass is 14.5. The van der Waals surface area contributed by atoms with Crippen LogP contribution < -0.4 is 5.73 Å². The second kappa shape index (κ2) is 10.1. The predicted octanol–water partition coefficient (Wildman–Crippen LogP) is 4.55. The normalized spacial score (nSPS) is 12.6. The maximum Gasteiger partial charge on any atom is -0.00772 e.